The molecule has 126 valence electrons. The summed E-state index contributed by atoms with van der Waals surface area (Å²) in [6.07, 6.45) is 5.40. The largest absolute Gasteiger partial charge is 0.341 e. The van der Waals surface area contributed by atoms with Crippen LogP contribution in [-0.2, 0) is 0 Å². The van der Waals surface area contributed by atoms with Crippen LogP contribution < -0.4 is 10.4 Å². The Bertz CT molecular complexity index is 809. The minimum atomic E-state index is -0.303. The molecule has 0 radical (unpaired) electrons. The number of carbonyl (C=O) groups excluding carboxylic acids is 1. The monoisotopic (exact) mass is 345 g/mol. The van der Waals surface area contributed by atoms with Crippen molar-refractivity contribution in [3.8, 4) is 0 Å². The SMILES string of the molecule is CC(C)N=c1ccccn1C(=O)c1nc(N2CCCC2)ncc1Cl. The predicted molar refractivity (Wildman–Crippen MR) is 93.3 cm³/mol. The second-order valence-corrected chi connectivity index (χ2v) is 6.42. The number of hydrogen-bond donors (Lipinski definition) is 0. The Morgan fingerprint density at radius 3 is 2.75 bits per heavy atom. The van der Waals surface area contributed by atoms with Crippen LogP contribution in [0.15, 0.2) is 35.6 Å². The minimum absolute atomic E-state index is 0.0764. The first-order valence-electron chi connectivity index (χ1n) is 8.10. The number of nitrogens with zero attached hydrogens (tertiary/aromatic N) is 5. The molecule has 1 saturated heterocycles. The topological polar surface area (TPSA) is 63.4 Å². The van der Waals surface area contributed by atoms with Gasteiger partial charge in [0.2, 0.25) is 5.95 Å². The number of rotatable bonds is 3. The molecule has 1 aliphatic rings. The van der Waals surface area contributed by atoms with Gasteiger partial charge in [0.15, 0.2) is 5.69 Å². The van der Waals surface area contributed by atoms with E-state index in [0.29, 0.717) is 11.4 Å². The molecular weight excluding hydrogens is 326 g/mol. The molecule has 24 heavy (non-hydrogen) atoms. The zero-order chi connectivity index (χ0) is 17.1. The number of halogens is 1. The summed E-state index contributed by atoms with van der Waals surface area (Å²) in [5, 5.41) is 0.245. The molecular formula is C17H20ClN5O. The minimum Gasteiger partial charge on any atom is -0.341 e. The van der Waals surface area contributed by atoms with Crippen molar-refractivity contribution in [2.45, 2.75) is 32.7 Å². The van der Waals surface area contributed by atoms with Gasteiger partial charge in [0.05, 0.1) is 11.2 Å². The van der Waals surface area contributed by atoms with Crippen LogP contribution in [-0.4, -0.2) is 39.6 Å². The van der Waals surface area contributed by atoms with E-state index < -0.39 is 0 Å². The van der Waals surface area contributed by atoms with Crippen LogP contribution in [0, 0.1) is 0 Å². The van der Waals surface area contributed by atoms with Gasteiger partial charge in [-0.15, -0.1) is 0 Å². The average molecular weight is 346 g/mol. The van der Waals surface area contributed by atoms with Gasteiger partial charge in [-0.3, -0.25) is 14.4 Å². The molecule has 7 heteroatoms. The third kappa shape index (κ3) is 3.48. The zero-order valence-corrected chi connectivity index (χ0v) is 14.6. The summed E-state index contributed by atoms with van der Waals surface area (Å²) >= 11 is 6.20. The first kappa shape index (κ1) is 16.6. The van der Waals surface area contributed by atoms with Gasteiger partial charge in [-0.1, -0.05) is 17.7 Å². The number of carbonyl (C=O) groups is 1. The third-order valence-electron chi connectivity index (χ3n) is 3.77. The van der Waals surface area contributed by atoms with Crippen molar-refractivity contribution in [3.05, 3.63) is 46.8 Å². The van der Waals surface area contributed by atoms with E-state index in [4.69, 9.17) is 11.6 Å². The lowest BCUT2D eigenvalue weighted by Gasteiger charge is -2.16. The number of hydrogen-bond acceptors (Lipinski definition) is 5. The zero-order valence-electron chi connectivity index (χ0n) is 13.8. The quantitative estimate of drug-likeness (QED) is 0.857. The van der Waals surface area contributed by atoms with Crippen molar-refractivity contribution in [1.29, 1.82) is 0 Å². The lowest BCUT2D eigenvalue weighted by molar-refractivity contribution is 0.0949. The molecule has 0 aliphatic carbocycles. The lowest BCUT2D eigenvalue weighted by Crippen LogP contribution is -2.30. The van der Waals surface area contributed by atoms with Crippen LogP contribution in [0.25, 0.3) is 0 Å². The maximum absolute atomic E-state index is 12.9. The Morgan fingerprint density at radius 1 is 1.29 bits per heavy atom. The third-order valence-corrected chi connectivity index (χ3v) is 4.05. The maximum Gasteiger partial charge on any atom is 0.283 e. The van der Waals surface area contributed by atoms with Crippen LogP contribution in [0.4, 0.5) is 5.95 Å². The van der Waals surface area contributed by atoms with Crippen molar-refractivity contribution in [1.82, 2.24) is 14.5 Å². The van der Waals surface area contributed by atoms with Crippen LogP contribution in [0.1, 0.15) is 37.2 Å². The highest BCUT2D eigenvalue weighted by atomic mass is 35.5. The summed E-state index contributed by atoms with van der Waals surface area (Å²) in [4.78, 5) is 28.2. The van der Waals surface area contributed by atoms with Gasteiger partial charge in [0, 0.05) is 25.3 Å². The lowest BCUT2D eigenvalue weighted by atomic mass is 10.3. The molecule has 2 aromatic heterocycles. The fraction of sp³-hybridized carbons (Fsp3) is 0.412. The fourth-order valence-corrected chi connectivity index (χ4v) is 2.84. The van der Waals surface area contributed by atoms with Crippen LogP contribution in [0.5, 0.6) is 0 Å². The molecule has 0 atom stereocenters. The molecule has 0 aromatic carbocycles. The molecule has 3 rings (SSSR count). The molecule has 0 bridgehead atoms. The van der Waals surface area contributed by atoms with Gasteiger partial charge in [-0.25, -0.2) is 9.97 Å². The van der Waals surface area contributed by atoms with E-state index in [1.165, 1.54) is 10.8 Å². The van der Waals surface area contributed by atoms with Crippen LogP contribution >= 0.6 is 11.6 Å². The molecule has 1 fully saturated rings. The Hall–Kier alpha value is -2.21. The van der Waals surface area contributed by atoms with Crippen LogP contribution in [0.3, 0.4) is 0 Å². The van der Waals surface area contributed by atoms with Gasteiger partial charge >= 0.3 is 0 Å². The summed E-state index contributed by atoms with van der Waals surface area (Å²) < 4.78 is 1.47. The Balaban J connectivity index is 2.03. The number of pyridine rings is 1. The first-order chi connectivity index (χ1) is 11.6. The van der Waals surface area contributed by atoms with E-state index in [-0.39, 0.29) is 22.7 Å². The second kappa shape index (κ2) is 7.13. The fourth-order valence-electron chi connectivity index (χ4n) is 2.67. The Labute approximate surface area is 145 Å². The molecule has 0 saturated carbocycles. The highest BCUT2D eigenvalue weighted by Crippen LogP contribution is 2.20. The Kier molecular flexibility index (Phi) is 4.94. The first-order valence-corrected chi connectivity index (χ1v) is 8.48. The molecule has 0 spiro atoms. The summed E-state index contributed by atoms with van der Waals surface area (Å²) in [5.74, 6) is 0.252. The van der Waals surface area contributed by atoms with E-state index in [1.807, 2.05) is 19.9 Å². The van der Waals surface area contributed by atoms with Crippen LogP contribution in [0.2, 0.25) is 5.02 Å². The molecule has 0 amide bonds. The van der Waals surface area contributed by atoms with E-state index in [1.54, 1.807) is 18.3 Å². The van der Waals surface area contributed by atoms with Crippen molar-refractivity contribution in [2.75, 3.05) is 18.0 Å². The normalized spacial score (nSPS) is 15.3. The number of aromatic nitrogens is 3. The van der Waals surface area contributed by atoms with Crippen molar-refractivity contribution < 1.29 is 4.79 Å². The average Bonchev–Trinajstić information content (AvgIpc) is 3.09. The predicted octanol–water partition coefficient (Wildman–Crippen LogP) is 2.53. The molecule has 3 heterocycles. The van der Waals surface area contributed by atoms with Gasteiger partial charge in [0.25, 0.3) is 5.91 Å². The Morgan fingerprint density at radius 2 is 2.04 bits per heavy atom. The summed E-state index contributed by atoms with van der Waals surface area (Å²) in [7, 11) is 0. The van der Waals surface area contributed by atoms with Gasteiger partial charge < -0.3 is 4.90 Å². The summed E-state index contributed by atoms with van der Waals surface area (Å²) in [5.41, 5.74) is 0.778. The van der Waals surface area contributed by atoms with Gasteiger partial charge in [-0.05, 0) is 38.8 Å². The van der Waals surface area contributed by atoms with E-state index in [2.05, 4.69) is 19.9 Å². The van der Waals surface area contributed by atoms with Crippen molar-refractivity contribution >= 4 is 23.5 Å². The number of anilines is 1. The van der Waals surface area contributed by atoms with Crippen molar-refractivity contribution in [3.63, 3.8) is 0 Å². The van der Waals surface area contributed by atoms with E-state index in [9.17, 15) is 4.79 Å². The second-order valence-electron chi connectivity index (χ2n) is 6.02. The van der Waals surface area contributed by atoms with Gasteiger partial charge in [-0.2, -0.15) is 0 Å². The van der Waals surface area contributed by atoms with E-state index in [0.717, 1.165) is 25.9 Å². The van der Waals surface area contributed by atoms with Gasteiger partial charge in [0.1, 0.15) is 5.49 Å². The molecule has 0 unspecified atom stereocenters. The smallest absolute Gasteiger partial charge is 0.283 e. The maximum atomic E-state index is 12.9. The van der Waals surface area contributed by atoms with E-state index >= 15 is 0 Å². The molecule has 2 aromatic rings. The highest BCUT2D eigenvalue weighted by molar-refractivity contribution is 6.33. The molecule has 1 aliphatic heterocycles. The van der Waals surface area contributed by atoms with Crippen molar-refractivity contribution in [2.24, 2.45) is 4.99 Å². The molecule has 0 N–H and O–H groups in total. The summed E-state index contributed by atoms with van der Waals surface area (Å²) in [6, 6.07) is 5.51. The standard InChI is InChI=1S/C17H20ClN5O/c1-12(2)20-14-7-3-4-10-23(14)16(24)15-13(18)11-19-17(21-15)22-8-5-6-9-22/h3-4,7,10-12H,5-6,8-9H2,1-2H3. The summed E-state index contributed by atoms with van der Waals surface area (Å²) in [6.45, 7) is 5.74. The highest BCUT2D eigenvalue weighted by Gasteiger charge is 2.20. The molecule has 6 nitrogen and oxygen atoms in total.